The van der Waals surface area contributed by atoms with Crippen LogP contribution in [0.4, 0.5) is 0 Å². The Morgan fingerprint density at radius 1 is 0.557 bits per heavy atom. The molecule has 4 saturated heterocycles. The van der Waals surface area contributed by atoms with Crippen molar-refractivity contribution in [2.75, 3.05) is 26.4 Å². The molecule has 452 valence electrons. The Labute approximate surface area is 457 Å². The molecule has 0 spiro atoms. The van der Waals surface area contributed by atoms with Crippen LogP contribution in [0.5, 0.6) is 0 Å². The number of fused-ring (bicyclic) bond motifs is 7. The Morgan fingerprint density at radius 2 is 1.06 bits per heavy atom. The largest absolute Gasteiger partial charge is 0.481 e. The van der Waals surface area contributed by atoms with Crippen molar-refractivity contribution >= 4 is 11.9 Å². The maximum atomic E-state index is 15.2. The monoisotopic (exact) mass is 1130 g/mol. The fourth-order valence-electron chi connectivity index (χ4n) is 16.3. The lowest BCUT2D eigenvalue weighted by Crippen LogP contribution is -2.67. The maximum absolute atomic E-state index is 15.2. The van der Waals surface area contributed by atoms with Crippen molar-refractivity contribution in [3.05, 3.63) is 11.6 Å². The lowest BCUT2D eigenvalue weighted by atomic mass is 9.33. The van der Waals surface area contributed by atoms with E-state index in [-0.39, 0.29) is 23.7 Å². The first-order chi connectivity index (χ1) is 37.0. The van der Waals surface area contributed by atoms with E-state index in [2.05, 4.69) is 40.7 Å². The first kappa shape index (κ1) is 61.4. The highest BCUT2D eigenvalue weighted by Gasteiger charge is 2.72. The van der Waals surface area contributed by atoms with E-state index in [1.807, 2.05) is 0 Å². The summed E-state index contributed by atoms with van der Waals surface area (Å²) in [5.41, 5.74) is -3.13. The van der Waals surface area contributed by atoms with Gasteiger partial charge in [0.05, 0.1) is 43.4 Å². The number of aliphatic carboxylic acids is 1. The van der Waals surface area contributed by atoms with Gasteiger partial charge in [0, 0.05) is 0 Å². The second-order valence-electron chi connectivity index (χ2n) is 26.1. The molecule has 25 nitrogen and oxygen atoms in total. The van der Waals surface area contributed by atoms with Gasteiger partial charge in [0.15, 0.2) is 18.9 Å². The third kappa shape index (κ3) is 9.95. The van der Waals surface area contributed by atoms with Gasteiger partial charge in [0.25, 0.3) is 0 Å². The van der Waals surface area contributed by atoms with E-state index < -0.39 is 200 Å². The number of aliphatic hydroxyl groups excluding tert-OH is 14. The molecule has 9 aliphatic rings. The fourth-order valence-corrected chi connectivity index (χ4v) is 16.3. The predicted octanol–water partition coefficient (Wildman–Crippen LogP) is -2.97. The van der Waals surface area contributed by atoms with Crippen LogP contribution in [0.1, 0.15) is 106 Å². The zero-order valence-electron chi connectivity index (χ0n) is 45.6. The van der Waals surface area contributed by atoms with E-state index in [9.17, 15) is 81.4 Å². The van der Waals surface area contributed by atoms with E-state index in [0.717, 1.165) is 5.57 Å². The lowest BCUT2D eigenvalue weighted by Gasteiger charge is -2.71. The van der Waals surface area contributed by atoms with Crippen molar-refractivity contribution in [3.63, 3.8) is 0 Å². The Bertz CT molecular complexity index is 2220. The molecule has 3 unspecified atom stereocenters. The van der Waals surface area contributed by atoms with Gasteiger partial charge in [-0.05, 0) is 111 Å². The molecule has 8 fully saturated rings. The first-order valence-electron chi connectivity index (χ1n) is 28.0. The molecule has 9 rings (SSSR count). The standard InChI is InChI=1S/C54H86O25/c1-49(2)13-15-54(48(71)79-45-41(68)37(64)34(61)27(76-45)21-72-46-42(38(65)33(60)26(20-57)75-46)78-44-40(67)36(63)32(59)25(19-56)74-44)16-14-51(4)22(23(54)17-49)7-8-28-50(3)11-10-30(53(6,47(69)70)29(50)9-12-52(28,51)5)77-43-39(66)35(62)31(58)24(18-55)73-43/h7,23-46,55-68H,8-21H2,1-6H3,(H,69,70)/t23?,24-,25-,26+,27+,28?,29?,30+,31-,32-,33+,34+,35+,36+,37-,38-,39-,40-,41+,42+,43+,44+,45-,46+,50-,51-,52-,53+,54+/m1/s1. The Hall–Kier alpha value is -2.16. The summed E-state index contributed by atoms with van der Waals surface area (Å²) in [4.78, 5) is 28.9. The van der Waals surface area contributed by atoms with Crippen molar-refractivity contribution in [2.45, 2.75) is 235 Å². The van der Waals surface area contributed by atoms with E-state index in [4.69, 9.17) is 37.9 Å². The number of carboxylic acids is 1. The number of carboxylic acid groups (broad SMARTS) is 1. The van der Waals surface area contributed by atoms with Gasteiger partial charge < -0.3 is 114 Å². The minimum absolute atomic E-state index is 0.0234. The van der Waals surface area contributed by atoms with Crippen LogP contribution in [0.2, 0.25) is 0 Å². The molecule has 29 atom stereocenters. The van der Waals surface area contributed by atoms with E-state index in [0.29, 0.717) is 57.8 Å². The van der Waals surface area contributed by atoms with Crippen LogP contribution in [-0.4, -0.2) is 244 Å². The van der Waals surface area contributed by atoms with Crippen LogP contribution >= 0.6 is 0 Å². The van der Waals surface area contributed by atoms with Crippen molar-refractivity contribution < 1.29 is 124 Å². The SMILES string of the molecule is CC1(C)CC[C@]2(C(=O)O[C@H]3O[C@@H](CO[C@H]4O[C@@H](CO)[C@H](O)[C@@H](O)[C@@H]4O[C@@H]4O[C@H](CO)[C@@H](O)[C@H](O)[C@H]4O)[C@H](O)[C@@H](O)[C@@H]3O)CC[C@]3(C)C(=CCC4[C@@]5(C)CC[C@H](O[C@@H]6O[C@H](CO)[C@@H](O)[C@H](O)[C@H]6O)[C@@](C)(C(=O)O)C5CC[C@]43C)C2C1. The van der Waals surface area contributed by atoms with E-state index in [1.54, 1.807) is 6.92 Å². The van der Waals surface area contributed by atoms with Gasteiger partial charge in [-0.25, -0.2) is 0 Å². The molecule has 25 heteroatoms. The highest BCUT2D eigenvalue weighted by Crippen LogP contribution is 2.76. The Kier molecular flexibility index (Phi) is 17.4. The number of hydrogen-bond donors (Lipinski definition) is 15. The van der Waals surface area contributed by atoms with E-state index in [1.165, 1.54) is 0 Å². The highest BCUT2D eigenvalue weighted by atomic mass is 16.8. The van der Waals surface area contributed by atoms with Crippen LogP contribution in [-0.2, 0) is 47.5 Å². The highest BCUT2D eigenvalue weighted by molar-refractivity contribution is 5.79. The summed E-state index contributed by atoms with van der Waals surface area (Å²) in [7, 11) is 0. The normalized spacial score (nSPS) is 53.5. The molecule has 0 aromatic rings. The maximum Gasteiger partial charge on any atom is 0.315 e. The second-order valence-corrected chi connectivity index (χ2v) is 26.1. The summed E-state index contributed by atoms with van der Waals surface area (Å²) in [6, 6.07) is 0. The van der Waals surface area contributed by atoms with Crippen molar-refractivity contribution in [1.29, 1.82) is 0 Å². The quantitative estimate of drug-likeness (QED) is 0.0497. The molecule has 15 N–H and O–H groups in total. The molecular formula is C54H86O25. The number of allylic oxidation sites excluding steroid dienone is 2. The number of hydrogen-bond acceptors (Lipinski definition) is 24. The summed E-state index contributed by atoms with van der Waals surface area (Å²) in [5.74, 6) is -2.54. The third-order valence-corrected chi connectivity index (χ3v) is 21.5. The number of esters is 1. The summed E-state index contributed by atoms with van der Waals surface area (Å²) in [5, 5.41) is 160. The number of ether oxygens (including phenoxy) is 8. The van der Waals surface area contributed by atoms with Gasteiger partial charge in [-0.3, -0.25) is 9.59 Å². The number of carbonyl (C=O) groups excluding carboxylic acids is 1. The summed E-state index contributed by atoms with van der Waals surface area (Å²) in [6.07, 6.45) is -28.0. The summed E-state index contributed by atoms with van der Waals surface area (Å²) in [6.45, 7) is 9.66. The molecule has 0 radical (unpaired) electrons. The summed E-state index contributed by atoms with van der Waals surface area (Å²) < 4.78 is 47.0. The van der Waals surface area contributed by atoms with Crippen LogP contribution in [0.3, 0.4) is 0 Å². The molecule has 0 amide bonds. The number of rotatable bonds is 13. The number of carbonyl (C=O) groups is 2. The lowest BCUT2D eigenvalue weighted by molar-refractivity contribution is -0.372. The second kappa shape index (κ2) is 22.4. The van der Waals surface area contributed by atoms with E-state index >= 15 is 4.79 Å². The first-order valence-corrected chi connectivity index (χ1v) is 28.0. The van der Waals surface area contributed by atoms with Gasteiger partial charge in [-0.1, -0.05) is 46.3 Å². The zero-order chi connectivity index (χ0) is 57.9. The van der Waals surface area contributed by atoms with Gasteiger partial charge >= 0.3 is 11.9 Å². The topological polar surface area (TPSA) is 411 Å². The Morgan fingerprint density at radius 3 is 1.63 bits per heavy atom. The molecule has 4 heterocycles. The summed E-state index contributed by atoms with van der Waals surface area (Å²) >= 11 is 0. The zero-order valence-corrected chi connectivity index (χ0v) is 45.6. The molecule has 0 aromatic carbocycles. The van der Waals surface area contributed by atoms with Gasteiger partial charge in [-0.15, -0.1) is 0 Å². The third-order valence-electron chi connectivity index (χ3n) is 21.5. The van der Waals surface area contributed by atoms with Crippen LogP contribution < -0.4 is 0 Å². The van der Waals surface area contributed by atoms with Crippen molar-refractivity contribution in [2.24, 2.45) is 50.2 Å². The molecule has 4 aliphatic heterocycles. The predicted molar refractivity (Wildman–Crippen MR) is 265 cm³/mol. The smallest absolute Gasteiger partial charge is 0.315 e. The average Bonchev–Trinajstić information content (AvgIpc) is 3.58. The molecule has 4 saturated carbocycles. The Balaban J connectivity index is 0.935. The van der Waals surface area contributed by atoms with Gasteiger partial charge in [-0.2, -0.15) is 0 Å². The minimum Gasteiger partial charge on any atom is -0.481 e. The molecule has 5 aliphatic carbocycles. The van der Waals surface area contributed by atoms with Crippen LogP contribution in [0.25, 0.3) is 0 Å². The number of aliphatic hydroxyl groups is 14. The molecular weight excluding hydrogens is 1050 g/mol. The average molecular weight is 1140 g/mol. The molecule has 79 heavy (non-hydrogen) atoms. The van der Waals surface area contributed by atoms with Gasteiger partial charge in [0.2, 0.25) is 6.29 Å². The minimum atomic E-state index is -1.95. The van der Waals surface area contributed by atoms with Gasteiger partial charge in [0.1, 0.15) is 97.7 Å². The molecule has 0 bridgehead atoms. The van der Waals surface area contributed by atoms with Crippen molar-refractivity contribution in [3.8, 4) is 0 Å². The fraction of sp³-hybridized carbons (Fsp3) is 0.926. The van der Waals surface area contributed by atoms with Crippen LogP contribution in [0, 0.1) is 50.2 Å². The van der Waals surface area contributed by atoms with Crippen LogP contribution in [0.15, 0.2) is 11.6 Å². The van der Waals surface area contributed by atoms with Crippen molar-refractivity contribution in [1.82, 2.24) is 0 Å². The molecule has 0 aromatic heterocycles.